The first-order chi connectivity index (χ1) is 14.4. The first-order valence-corrected chi connectivity index (χ1v) is 8.55. The van der Waals surface area contributed by atoms with Crippen LogP contribution in [0.3, 0.4) is 0 Å². The first-order valence-electron chi connectivity index (χ1n) is 8.55. The molecule has 1 saturated heterocycles. The Morgan fingerprint density at radius 3 is 2.47 bits per heavy atom. The normalized spacial score (nSPS) is 16.5. The van der Waals surface area contributed by atoms with Crippen LogP contribution in [-0.4, -0.2) is 43.2 Å². The van der Waals surface area contributed by atoms with E-state index in [0.717, 1.165) is 17.2 Å². The minimum Gasteiger partial charge on any atom is -0.495 e. The van der Waals surface area contributed by atoms with Crippen LogP contribution >= 0.6 is 0 Å². The number of nitro groups is 1. The number of amides is 4. The predicted octanol–water partition coefficient (Wildman–Crippen LogP) is 2.21. The molecule has 0 aromatic heterocycles. The van der Waals surface area contributed by atoms with Crippen molar-refractivity contribution in [3.63, 3.8) is 0 Å². The lowest BCUT2D eigenvalue weighted by atomic mass is 10.1. The number of urea groups is 1. The number of nitrogens with one attached hydrogen (secondary N) is 1. The maximum atomic E-state index is 12.9. The number of anilines is 1. The molecule has 0 bridgehead atoms. The molecule has 0 radical (unpaired) electrons. The van der Waals surface area contributed by atoms with Crippen molar-refractivity contribution in [2.45, 2.75) is 0 Å². The minimum atomic E-state index is -1.45. The SMILES string of the molecule is COc1ccc([N+](=O)[O-])cc1N=C[C@H]1C(=O)NC(=O)N(c2ccccc2OC)C1=O. The highest BCUT2D eigenvalue weighted by Gasteiger charge is 2.41. The molecule has 0 aliphatic carbocycles. The highest BCUT2D eigenvalue weighted by atomic mass is 16.6. The molecule has 3 rings (SSSR count). The molecular weight excluding hydrogens is 396 g/mol. The van der Waals surface area contributed by atoms with Crippen molar-refractivity contribution in [1.82, 2.24) is 5.32 Å². The van der Waals surface area contributed by atoms with Crippen molar-refractivity contribution in [3.8, 4) is 11.5 Å². The molecule has 1 aliphatic heterocycles. The van der Waals surface area contributed by atoms with Crippen molar-refractivity contribution < 1.29 is 28.8 Å². The fraction of sp³-hybridized carbons (Fsp3) is 0.158. The third-order valence-corrected chi connectivity index (χ3v) is 4.26. The highest BCUT2D eigenvalue weighted by Crippen LogP contribution is 2.33. The second-order valence-electron chi connectivity index (χ2n) is 6.01. The van der Waals surface area contributed by atoms with Crippen LogP contribution in [0.1, 0.15) is 0 Å². The van der Waals surface area contributed by atoms with Crippen LogP contribution < -0.4 is 19.7 Å². The highest BCUT2D eigenvalue weighted by molar-refractivity contribution is 6.33. The molecule has 0 spiro atoms. The van der Waals surface area contributed by atoms with Gasteiger partial charge in [-0.1, -0.05) is 12.1 Å². The zero-order valence-electron chi connectivity index (χ0n) is 15.9. The number of carbonyl (C=O) groups excluding carboxylic acids is 3. The average Bonchev–Trinajstić information content (AvgIpc) is 2.73. The summed E-state index contributed by atoms with van der Waals surface area (Å²) in [6.07, 6.45) is 1.01. The molecule has 0 unspecified atom stereocenters. The van der Waals surface area contributed by atoms with E-state index in [1.807, 2.05) is 0 Å². The molecule has 1 atom stereocenters. The van der Waals surface area contributed by atoms with Gasteiger partial charge in [0.2, 0.25) is 5.91 Å². The fourth-order valence-electron chi connectivity index (χ4n) is 2.81. The standard InChI is InChI=1S/C19H16N4O7/c1-29-15-8-7-11(23(27)28)9-13(15)20-10-12-17(24)21-19(26)22(18(12)25)14-5-3-4-6-16(14)30-2/h3-10,12H,1-2H3,(H,21,24,26)/t12-/m0/s1. The Hall–Kier alpha value is -4.28. The van der Waals surface area contributed by atoms with Gasteiger partial charge in [0, 0.05) is 18.3 Å². The summed E-state index contributed by atoms with van der Waals surface area (Å²) in [5.74, 6) is -2.70. The molecule has 1 N–H and O–H groups in total. The number of benzene rings is 2. The average molecular weight is 412 g/mol. The zero-order valence-corrected chi connectivity index (χ0v) is 15.9. The van der Waals surface area contributed by atoms with Gasteiger partial charge in [0.25, 0.3) is 11.6 Å². The van der Waals surface area contributed by atoms with Crippen molar-refractivity contribution >= 4 is 41.1 Å². The van der Waals surface area contributed by atoms with Crippen molar-refractivity contribution in [2.24, 2.45) is 10.9 Å². The predicted molar refractivity (Wildman–Crippen MR) is 105 cm³/mol. The summed E-state index contributed by atoms with van der Waals surface area (Å²) in [6.45, 7) is 0. The maximum absolute atomic E-state index is 12.9. The van der Waals surface area contributed by atoms with E-state index in [1.54, 1.807) is 18.2 Å². The van der Waals surface area contributed by atoms with Crippen LogP contribution in [0.15, 0.2) is 47.5 Å². The maximum Gasteiger partial charge on any atom is 0.335 e. The lowest BCUT2D eigenvalue weighted by Gasteiger charge is -2.29. The Balaban J connectivity index is 1.97. The van der Waals surface area contributed by atoms with E-state index in [9.17, 15) is 24.5 Å². The number of methoxy groups -OCH3 is 2. The molecule has 11 heteroatoms. The third-order valence-electron chi connectivity index (χ3n) is 4.26. The van der Waals surface area contributed by atoms with E-state index >= 15 is 0 Å². The van der Waals surface area contributed by atoms with Gasteiger partial charge in [-0.15, -0.1) is 0 Å². The number of hydrogen-bond acceptors (Lipinski definition) is 8. The van der Waals surface area contributed by atoms with E-state index in [2.05, 4.69) is 10.3 Å². The van der Waals surface area contributed by atoms with Crippen LogP contribution in [0.25, 0.3) is 0 Å². The molecule has 30 heavy (non-hydrogen) atoms. The van der Waals surface area contributed by atoms with Gasteiger partial charge < -0.3 is 9.47 Å². The molecule has 1 aliphatic rings. The van der Waals surface area contributed by atoms with Gasteiger partial charge in [0.05, 0.1) is 24.8 Å². The van der Waals surface area contributed by atoms with Crippen LogP contribution in [0, 0.1) is 16.0 Å². The second-order valence-corrected chi connectivity index (χ2v) is 6.01. The number of carbonyl (C=O) groups is 3. The smallest absolute Gasteiger partial charge is 0.335 e. The number of aliphatic imine (C=N–C) groups is 1. The summed E-state index contributed by atoms with van der Waals surface area (Å²) >= 11 is 0. The van der Waals surface area contributed by atoms with Crippen molar-refractivity contribution in [1.29, 1.82) is 0 Å². The summed E-state index contributed by atoms with van der Waals surface area (Å²) in [6, 6.07) is 9.11. The Kier molecular flexibility index (Phi) is 5.72. The van der Waals surface area contributed by atoms with Crippen LogP contribution in [-0.2, 0) is 9.59 Å². The van der Waals surface area contributed by atoms with E-state index < -0.39 is 28.7 Å². The van der Waals surface area contributed by atoms with Gasteiger partial charge in [0.1, 0.15) is 17.2 Å². The van der Waals surface area contributed by atoms with E-state index in [4.69, 9.17) is 9.47 Å². The largest absolute Gasteiger partial charge is 0.495 e. The van der Waals surface area contributed by atoms with E-state index in [-0.39, 0.29) is 28.6 Å². The summed E-state index contributed by atoms with van der Waals surface area (Å²) in [5.41, 5.74) is -0.0393. The molecule has 2 aromatic rings. The lowest BCUT2D eigenvalue weighted by Crippen LogP contribution is -2.58. The summed E-state index contributed by atoms with van der Waals surface area (Å²) in [5, 5.41) is 13.1. The van der Waals surface area contributed by atoms with Gasteiger partial charge in [-0.2, -0.15) is 0 Å². The van der Waals surface area contributed by atoms with Gasteiger partial charge in [0.15, 0.2) is 5.92 Å². The molecule has 1 fully saturated rings. The number of non-ortho nitro benzene ring substituents is 1. The number of imide groups is 2. The Morgan fingerprint density at radius 1 is 1.10 bits per heavy atom. The number of para-hydroxylation sites is 2. The van der Waals surface area contributed by atoms with E-state index in [0.29, 0.717) is 0 Å². The first kappa shape index (κ1) is 20.5. The molecule has 154 valence electrons. The van der Waals surface area contributed by atoms with E-state index in [1.165, 1.54) is 32.4 Å². The molecular formula is C19H16N4O7. The number of nitro benzene ring substituents is 1. The molecule has 2 aromatic carbocycles. The van der Waals surface area contributed by atoms with Gasteiger partial charge in [-0.05, 0) is 18.2 Å². The number of barbiturate groups is 1. The molecule has 11 nitrogen and oxygen atoms in total. The van der Waals surface area contributed by atoms with Crippen LogP contribution in [0.4, 0.5) is 21.9 Å². The molecule has 0 saturated carbocycles. The summed E-state index contributed by atoms with van der Waals surface area (Å²) < 4.78 is 10.3. The topological polar surface area (TPSA) is 140 Å². The Morgan fingerprint density at radius 2 is 1.80 bits per heavy atom. The Bertz CT molecular complexity index is 1070. The summed E-state index contributed by atoms with van der Waals surface area (Å²) in [7, 11) is 2.73. The van der Waals surface area contributed by atoms with Crippen LogP contribution in [0.5, 0.6) is 11.5 Å². The number of ether oxygens (including phenoxy) is 2. The number of hydrogen-bond donors (Lipinski definition) is 1. The quantitative estimate of drug-likeness (QED) is 0.332. The number of rotatable bonds is 6. The van der Waals surface area contributed by atoms with Gasteiger partial charge in [-0.3, -0.25) is 30.0 Å². The van der Waals surface area contributed by atoms with Crippen molar-refractivity contribution in [3.05, 3.63) is 52.6 Å². The minimum absolute atomic E-state index is 0.0491. The monoisotopic (exact) mass is 412 g/mol. The summed E-state index contributed by atoms with van der Waals surface area (Å²) in [4.78, 5) is 52.7. The molecule has 1 heterocycles. The lowest BCUT2D eigenvalue weighted by molar-refractivity contribution is -0.384. The molecule has 4 amide bonds. The van der Waals surface area contributed by atoms with Gasteiger partial charge >= 0.3 is 6.03 Å². The Labute approximate surface area is 170 Å². The zero-order chi connectivity index (χ0) is 21.8. The van der Waals surface area contributed by atoms with Crippen LogP contribution in [0.2, 0.25) is 0 Å². The van der Waals surface area contributed by atoms with Crippen molar-refractivity contribution in [2.75, 3.05) is 19.1 Å². The fourth-order valence-corrected chi connectivity index (χ4v) is 2.81. The van der Waals surface area contributed by atoms with Gasteiger partial charge in [-0.25, -0.2) is 9.69 Å². The number of nitrogens with zero attached hydrogens (tertiary/aromatic N) is 3. The third kappa shape index (κ3) is 3.81. The second kappa shape index (κ2) is 8.39.